The largest absolute Gasteiger partial charge is 0.384 e. The van der Waals surface area contributed by atoms with Crippen molar-refractivity contribution in [3.8, 4) is 11.1 Å². The van der Waals surface area contributed by atoms with Crippen LogP contribution in [0.5, 0.6) is 0 Å². The van der Waals surface area contributed by atoms with Crippen LogP contribution in [0.25, 0.3) is 11.1 Å². The van der Waals surface area contributed by atoms with E-state index in [2.05, 4.69) is 18.2 Å². The minimum Gasteiger partial charge on any atom is -0.384 e. The molecule has 0 aromatic heterocycles. The molecule has 0 radical (unpaired) electrons. The SMILES string of the molecule is COCCC(=O)N1CCOC(Cc2ccccc2-c2ccccc2)(C(=O)N(C)C)C1. The number of hydrogen-bond donors (Lipinski definition) is 0. The van der Waals surface area contributed by atoms with Gasteiger partial charge in [-0.2, -0.15) is 0 Å². The summed E-state index contributed by atoms with van der Waals surface area (Å²) >= 11 is 0. The molecule has 2 aromatic rings. The molecular weight excluding hydrogens is 380 g/mol. The van der Waals surface area contributed by atoms with Crippen molar-refractivity contribution in [1.82, 2.24) is 9.80 Å². The number of hydrogen-bond acceptors (Lipinski definition) is 4. The van der Waals surface area contributed by atoms with Gasteiger partial charge in [0.15, 0.2) is 5.60 Å². The van der Waals surface area contributed by atoms with Crippen LogP contribution in [0.15, 0.2) is 54.6 Å². The summed E-state index contributed by atoms with van der Waals surface area (Å²) in [6.45, 7) is 1.40. The lowest BCUT2D eigenvalue weighted by atomic mass is 9.87. The number of morpholine rings is 1. The van der Waals surface area contributed by atoms with Crippen molar-refractivity contribution in [2.24, 2.45) is 0 Å². The molecule has 0 saturated carbocycles. The molecule has 160 valence electrons. The zero-order chi connectivity index (χ0) is 21.6. The minimum atomic E-state index is -1.12. The lowest BCUT2D eigenvalue weighted by molar-refractivity contribution is -0.172. The van der Waals surface area contributed by atoms with Crippen LogP contribution in [0.4, 0.5) is 0 Å². The molecule has 1 aliphatic rings. The predicted molar refractivity (Wildman–Crippen MR) is 116 cm³/mol. The van der Waals surface area contributed by atoms with Crippen molar-refractivity contribution in [2.75, 3.05) is 47.5 Å². The summed E-state index contributed by atoms with van der Waals surface area (Å²) in [5.74, 6) is -0.151. The molecule has 6 heteroatoms. The van der Waals surface area contributed by atoms with Crippen LogP contribution in [0, 0.1) is 0 Å². The summed E-state index contributed by atoms with van der Waals surface area (Å²) in [6.07, 6.45) is 0.687. The number of rotatable bonds is 7. The van der Waals surface area contributed by atoms with Crippen molar-refractivity contribution in [1.29, 1.82) is 0 Å². The Hall–Kier alpha value is -2.70. The number of carbonyl (C=O) groups is 2. The van der Waals surface area contributed by atoms with Crippen LogP contribution in [0.1, 0.15) is 12.0 Å². The summed E-state index contributed by atoms with van der Waals surface area (Å²) in [7, 11) is 5.03. The number of amides is 2. The van der Waals surface area contributed by atoms with Crippen LogP contribution in [0.3, 0.4) is 0 Å². The topological polar surface area (TPSA) is 59.1 Å². The Bertz CT molecular complexity index is 869. The number of benzene rings is 2. The Morgan fingerprint density at radius 2 is 1.80 bits per heavy atom. The standard InChI is InChI=1S/C24H30N2O4/c1-25(2)23(28)24(18-26(14-16-30-24)22(27)13-15-29-3)17-20-11-7-8-12-21(20)19-9-5-4-6-10-19/h4-12H,13-18H2,1-3H3. The molecule has 2 amide bonds. The van der Waals surface area contributed by atoms with Gasteiger partial charge in [-0.1, -0.05) is 54.6 Å². The third-order valence-electron chi connectivity index (χ3n) is 5.43. The summed E-state index contributed by atoms with van der Waals surface area (Å²) in [5, 5.41) is 0. The van der Waals surface area contributed by atoms with Gasteiger partial charge in [0.1, 0.15) is 0 Å². The molecule has 30 heavy (non-hydrogen) atoms. The molecule has 2 aromatic carbocycles. The van der Waals surface area contributed by atoms with Gasteiger partial charge in [0.05, 0.1) is 26.2 Å². The van der Waals surface area contributed by atoms with Crippen LogP contribution in [0.2, 0.25) is 0 Å². The third kappa shape index (κ3) is 4.89. The van der Waals surface area contributed by atoms with Gasteiger partial charge in [-0.3, -0.25) is 9.59 Å². The van der Waals surface area contributed by atoms with Gasteiger partial charge in [0.2, 0.25) is 5.91 Å². The van der Waals surface area contributed by atoms with Crippen molar-refractivity contribution in [2.45, 2.75) is 18.4 Å². The molecule has 0 aliphatic carbocycles. The van der Waals surface area contributed by atoms with Crippen molar-refractivity contribution >= 4 is 11.8 Å². The fraction of sp³-hybridized carbons (Fsp3) is 0.417. The number of likely N-dealkylation sites (N-methyl/N-ethyl adjacent to an activating group) is 1. The second kappa shape index (κ2) is 9.87. The highest BCUT2D eigenvalue weighted by molar-refractivity contribution is 5.87. The summed E-state index contributed by atoms with van der Waals surface area (Å²) < 4.78 is 11.2. The van der Waals surface area contributed by atoms with Gasteiger partial charge < -0.3 is 19.3 Å². The molecule has 6 nitrogen and oxygen atoms in total. The molecular formula is C24H30N2O4. The van der Waals surface area contributed by atoms with Crippen LogP contribution < -0.4 is 0 Å². The molecule has 1 saturated heterocycles. The highest BCUT2D eigenvalue weighted by Crippen LogP contribution is 2.31. The van der Waals surface area contributed by atoms with Gasteiger partial charge in [-0.15, -0.1) is 0 Å². The zero-order valence-corrected chi connectivity index (χ0v) is 18.0. The number of carbonyl (C=O) groups excluding carboxylic acids is 2. The lowest BCUT2D eigenvalue weighted by Crippen LogP contribution is -2.61. The molecule has 0 spiro atoms. The van der Waals surface area contributed by atoms with Crippen LogP contribution in [-0.4, -0.2) is 74.7 Å². The Morgan fingerprint density at radius 3 is 2.50 bits per heavy atom. The van der Waals surface area contributed by atoms with Crippen molar-refractivity contribution in [3.63, 3.8) is 0 Å². The maximum absolute atomic E-state index is 13.3. The molecule has 0 N–H and O–H groups in total. The Labute approximate surface area is 178 Å². The van der Waals surface area contributed by atoms with Gasteiger partial charge in [0.25, 0.3) is 5.91 Å². The van der Waals surface area contributed by atoms with E-state index in [4.69, 9.17) is 9.47 Å². The van der Waals surface area contributed by atoms with E-state index in [0.717, 1.165) is 16.7 Å². The number of ether oxygens (including phenoxy) is 2. The van der Waals surface area contributed by atoms with Gasteiger partial charge in [-0.25, -0.2) is 0 Å². The Morgan fingerprint density at radius 1 is 1.10 bits per heavy atom. The summed E-state index contributed by atoms with van der Waals surface area (Å²) in [4.78, 5) is 29.2. The molecule has 0 bridgehead atoms. The van der Waals surface area contributed by atoms with E-state index in [1.54, 1.807) is 31.0 Å². The van der Waals surface area contributed by atoms with Crippen LogP contribution >= 0.6 is 0 Å². The fourth-order valence-electron chi connectivity index (χ4n) is 3.95. The van der Waals surface area contributed by atoms with Crippen molar-refractivity contribution < 1.29 is 19.1 Å². The average molecular weight is 411 g/mol. The van der Waals surface area contributed by atoms with Gasteiger partial charge in [-0.05, 0) is 16.7 Å². The van der Waals surface area contributed by atoms with Gasteiger partial charge >= 0.3 is 0 Å². The second-order valence-electron chi connectivity index (χ2n) is 7.80. The van der Waals surface area contributed by atoms with E-state index in [-0.39, 0.29) is 18.4 Å². The number of methoxy groups -OCH3 is 1. The lowest BCUT2D eigenvalue weighted by Gasteiger charge is -2.43. The molecule has 1 unspecified atom stereocenters. The third-order valence-corrected chi connectivity index (χ3v) is 5.43. The highest BCUT2D eigenvalue weighted by atomic mass is 16.5. The molecule has 1 aliphatic heterocycles. The normalized spacial score (nSPS) is 18.8. The Balaban J connectivity index is 1.94. The molecule has 1 heterocycles. The maximum Gasteiger partial charge on any atom is 0.256 e. The van der Waals surface area contributed by atoms with E-state index in [0.29, 0.717) is 32.6 Å². The fourth-order valence-corrected chi connectivity index (χ4v) is 3.95. The minimum absolute atomic E-state index is 0.0209. The monoisotopic (exact) mass is 410 g/mol. The molecule has 1 atom stereocenters. The first-order valence-electron chi connectivity index (χ1n) is 10.2. The number of nitrogens with zero attached hydrogens (tertiary/aromatic N) is 2. The molecule has 3 rings (SSSR count). The van der Waals surface area contributed by atoms with Crippen molar-refractivity contribution in [3.05, 3.63) is 60.2 Å². The second-order valence-corrected chi connectivity index (χ2v) is 7.80. The highest BCUT2D eigenvalue weighted by Gasteiger charge is 2.46. The smallest absolute Gasteiger partial charge is 0.256 e. The first-order valence-corrected chi connectivity index (χ1v) is 10.2. The summed E-state index contributed by atoms with van der Waals surface area (Å²) in [6, 6.07) is 18.2. The quantitative estimate of drug-likeness (QED) is 0.704. The van der Waals surface area contributed by atoms with E-state index in [9.17, 15) is 9.59 Å². The first kappa shape index (κ1) is 22.0. The maximum atomic E-state index is 13.3. The van der Waals surface area contributed by atoms with Gasteiger partial charge in [0, 0.05) is 34.2 Å². The average Bonchev–Trinajstić information content (AvgIpc) is 2.78. The van der Waals surface area contributed by atoms with E-state index in [1.165, 1.54) is 0 Å². The first-order chi connectivity index (χ1) is 14.5. The predicted octanol–water partition coefficient (Wildman–Crippen LogP) is 2.62. The van der Waals surface area contributed by atoms with E-state index < -0.39 is 5.60 Å². The zero-order valence-electron chi connectivity index (χ0n) is 18.0. The van der Waals surface area contributed by atoms with E-state index in [1.807, 2.05) is 36.4 Å². The summed E-state index contributed by atoms with van der Waals surface area (Å²) in [5.41, 5.74) is 2.06. The van der Waals surface area contributed by atoms with Crippen LogP contribution in [-0.2, 0) is 25.5 Å². The Kier molecular flexibility index (Phi) is 7.24. The molecule has 1 fully saturated rings. The van der Waals surface area contributed by atoms with E-state index >= 15 is 0 Å².